The molecule has 0 aromatic carbocycles. The highest BCUT2D eigenvalue weighted by molar-refractivity contribution is 5.79. The van der Waals surface area contributed by atoms with E-state index in [1.165, 1.54) is 4.90 Å². The van der Waals surface area contributed by atoms with Gasteiger partial charge < -0.3 is 20.0 Å². The number of nitriles is 1. The Balaban J connectivity index is 1.28. The zero-order valence-corrected chi connectivity index (χ0v) is 16.2. The highest BCUT2D eigenvalue weighted by atomic mass is 19.1. The lowest BCUT2D eigenvalue weighted by atomic mass is 9.57. The summed E-state index contributed by atoms with van der Waals surface area (Å²) in [6, 6.07) is 1.88. The number of likely N-dealkylation sites (tertiary alicyclic amines) is 1. The van der Waals surface area contributed by atoms with E-state index in [2.05, 4.69) is 20.8 Å². The molecule has 2 bridgehead atoms. The molecule has 0 radical (unpaired) electrons. The lowest BCUT2D eigenvalue weighted by Gasteiger charge is -2.54. The highest BCUT2D eigenvalue weighted by Crippen LogP contribution is 2.52. The van der Waals surface area contributed by atoms with E-state index < -0.39 is 12.2 Å². The van der Waals surface area contributed by atoms with Crippen molar-refractivity contribution < 1.29 is 13.6 Å². The van der Waals surface area contributed by atoms with Crippen LogP contribution in [0.1, 0.15) is 50.8 Å². The Morgan fingerprint density at radius 1 is 1.32 bits per heavy atom. The topological polar surface area (TPSA) is 107 Å². The van der Waals surface area contributed by atoms with Crippen molar-refractivity contribution in [3.8, 4) is 6.07 Å². The van der Waals surface area contributed by atoms with Crippen LogP contribution in [0.3, 0.4) is 0 Å². The molecular formula is C19H27FN6O2. The maximum atomic E-state index is 13.6. The van der Waals surface area contributed by atoms with E-state index in [0.29, 0.717) is 11.9 Å². The molecule has 4 fully saturated rings. The van der Waals surface area contributed by atoms with Gasteiger partial charge >= 0.3 is 6.01 Å². The van der Waals surface area contributed by atoms with Crippen LogP contribution >= 0.6 is 0 Å². The second kappa shape index (κ2) is 7.32. The fraction of sp³-hybridized carbons (Fsp3) is 0.789. The molecule has 3 aliphatic carbocycles. The first-order chi connectivity index (χ1) is 13.4. The second-order valence-corrected chi connectivity index (χ2v) is 8.64. The molecule has 0 spiro atoms. The molecule has 4 aliphatic rings. The quantitative estimate of drug-likeness (QED) is 0.764. The summed E-state index contributed by atoms with van der Waals surface area (Å²) >= 11 is 0. The van der Waals surface area contributed by atoms with Gasteiger partial charge in [0.05, 0.1) is 19.2 Å². The van der Waals surface area contributed by atoms with Gasteiger partial charge in [0.2, 0.25) is 11.8 Å². The Morgan fingerprint density at radius 3 is 2.64 bits per heavy atom. The largest absolute Gasteiger partial charge is 0.408 e. The third-order valence-electron chi connectivity index (χ3n) is 6.88. The number of amides is 1. The lowest BCUT2D eigenvalue weighted by Crippen LogP contribution is -2.58. The molecule has 0 unspecified atom stereocenters. The Hall–Kier alpha value is -2.21. The molecule has 3 saturated carbocycles. The third-order valence-corrected chi connectivity index (χ3v) is 6.88. The van der Waals surface area contributed by atoms with Crippen LogP contribution in [-0.2, 0) is 4.79 Å². The van der Waals surface area contributed by atoms with Gasteiger partial charge in [-0.25, -0.2) is 4.39 Å². The molecule has 2 heterocycles. The molecule has 1 saturated heterocycles. The van der Waals surface area contributed by atoms with Crippen LogP contribution in [0.15, 0.2) is 4.42 Å². The molecule has 2 N–H and O–H groups in total. The highest BCUT2D eigenvalue weighted by Gasteiger charge is 2.48. The first-order valence-electron chi connectivity index (χ1n) is 10.0. The SMILES string of the molecule is Cc1nnc(NCC23CCC(NCC(=O)N4C[C@@H](F)C[C@H]4C#N)(CC2)CC3)o1. The lowest BCUT2D eigenvalue weighted by molar-refractivity contribution is -0.131. The Labute approximate surface area is 163 Å². The van der Waals surface area contributed by atoms with Crippen molar-refractivity contribution >= 4 is 11.9 Å². The van der Waals surface area contributed by atoms with Crippen molar-refractivity contribution in [3.05, 3.63) is 5.89 Å². The smallest absolute Gasteiger partial charge is 0.315 e. The minimum absolute atomic E-state index is 0.0184. The number of alkyl halides is 1. The predicted octanol–water partition coefficient (Wildman–Crippen LogP) is 1.94. The average molecular weight is 390 g/mol. The molecule has 9 heteroatoms. The van der Waals surface area contributed by atoms with Gasteiger partial charge in [-0.1, -0.05) is 5.10 Å². The van der Waals surface area contributed by atoms with Crippen molar-refractivity contribution in [2.45, 2.75) is 69.6 Å². The number of nitrogens with one attached hydrogen (secondary N) is 2. The summed E-state index contributed by atoms with van der Waals surface area (Å²) in [5.41, 5.74) is 0.216. The third kappa shape index (κ3) is 3.70. The minimum Gasteiger partial charge on any atom is -0.408 e. The number of fused-ring (bicyclic) bond motifs is 3. The number of nitrogens with zero attached hydrogens (tertiary/aromatic N) is 4. The van der Waals surface area contributed by atoms with Crippen LogP contribution in [0, 0.1) is 23.7 Å². The van der Waals surface area contributed by atoms with Gasteiger partial charge in [-0.05, 0) is 43.9 Å². The van der Waals surface area contributed by atoms with Gasteiger partial charge in [-0.2, -0.15) is 5.26 Å². The summed E-state index contributed by atoms with van der Waals surface area (Å²) in [5.74, 6) is 0.382. The van der Waals surface area contributed by atoms with Crippen LogP contribution < -0.4 is 10.6 Å². The molecule has 28 heavy (non-hydrogen) atoms. The number of hydrogen-bond acceptors (Lipinski definition) is 7. The molecular weight excluding hydrogens is 363 g/mol. The van der Waals surface area contributed by atoms with E-state index in [0.717, 1.165) is 45.1 Å². The molecule has 1 amide bonds. The maximum absolute atomic E-state index is 13.6. The monoisotopic (exact) mass is 390 g/mol. The van der Waals surface area contributed by atoms with Crippen molar-refractivity contribution in [1.82, 2.24) is 20.4 Å². The Kier molecular flexibility index (Phi) is 5.00. The molecule has 1 aliphatic heterocycles. The number of halogens is 1. The van der Waals surface area contributed by atoms with Gasteiger partial charge in [-0.15, -0.1) is 5.10 Å². The van der Waals surface area contributed by atoms with Crippen LogP contribution in [0.25, 0.3) is 0 Å². The van der Waals surface area contributed by atoms with Gasteiger partial charge in [0, 0.05) is 25.4 Å². The summed E-state index contributed by atoms with van der Waals surface area (Å²) in [5, 5.41) is 23.7. The van der Waals surface area contributed by atoms with Crippen LogP contribution in [-0.4, -0.2) is 58.4 Å². The van der Waals surface area contributed by atoms with Crippen molar-refractivity contribution in [2.24, 2.45) is 5.41 Å². The van der Waals surface area contributed by atoms with Crippen LogP contribution in [0.2, 0.25) is 0 Å². The molecule has 1 aromatic heterocycles. The van der Waals surface area contributed by atoms with Gasteiger partial charge in [0.1, 0.15) is 12.2 Å². The maximum Gasteiger partial charge on any atom is 0.315 e. The molecule has 1 aromatic rings. The van der Waals surface area contributed by atoms with E-state index in [1.807, 2.05) is 6.07 Å². The molecule has 8 nitrogen and oxygen atoms in total. The number of rotatable bonds is 6. The van der Waals surface area contributed by atoms with E-state index in [-0.39, 0.29) is 36.4 Å². The minimum atomic E-state index is -1.09. The Bertz CT molecular complexity index is 750. The summed E-state index contributed by atoms with van der Waals surface area (Å²) in [7, 11) is 0. The summed E-state index contributed by atoms with van der Waals surface area (Å²) in [4.78, 5) is 13.9. The molecule has 152 valence electrons. The van der Waals surface area contributed by atoms with E-state index in [1.54, 1.807) is 6.92 Å². The van der Waals surface area contributed by atoms with E-state index in [9.17, 15) is 9.18 Å². The Morgan fingerprint density at radius 2 is 2.04 bits per heavy atom. The van der Waals surface area contributed by atoms with Crippen molar-refractivity contribution in [3.63, 3.8) is 0 Å². The zero-order chi connectivity index (χ0) is 19.8. The van der Waals surface area contributed by atoms with Gasteiger partial charge in [-0.3, -0.25) is 4.79 Å². The first kappa shape index (κ1) is 19.1. The van der Waals surface area contributed by atoms with Crippen molar-refractivity contribution in [2.75, 3.05) is 25.0 Å². The average Bonchev–Trinajstić information content (AvgIpc) is 3.31. The van der Waals surface area contributed by atoms with Crippen molar-refractivity contribution in [1.29, 1.82) is 5.26 Å². The van der Waals surface area contributed by atoms with Gasteiger partial charge in [0.25, 0.3) is 0 Å². The van der Waals surface area contributed by atoms with Crippen LogP contribution in [0.4, 0.5) is 10.4 Å². The number of carbonyl (C=O) groups excluding carboxylic acids is 1. The summed E-state index contributed by atoms with van der Waals surface area (Å²) in [6.45, 7) is 2.81. The zero-order valence-electron chi connectivity index (χ0n) is 16.2. The predicted molar refractivity (Wildman–Crippen MR) is 99.0 cm³/mol. The number of aromatic nitrogens is 2. The second-order valence-electron chi connectivity index (χ2n) is 8.64. The molecule has 2 atom stereocenters. The summed E-state index contributed by atoms with van der Waals surface area (Å²) < 4.78 is 19.0. The number of anilines is 1. The normalized spacial score (nSPS) is 34.4. The number of carbonyl (C=O) groups is 1. The standard InChI is InChI=1S/C19H27FN6O2/c1-13-24-25-17(28-13)22-12-18-2-5-19(6-3-18,7-4-18)23-10-16(27)26-11-14(20)8-15(26)9-21/h14-15,23H,2-8,10-12H2,1H3,(H,22,25)/t14-,15-,18?,19?/m0/s1. The summed E-state index contributed by atoms with van der Waals surface area (Å²) in [6.07, 6.45) is 5.30. The van der Waals surface area contributed by atoms with Gasteiger partial charge in [0.15, 0.2) is 0 Å². The van der Waals surface area contributed by atoms with Crippen LogP contribution in [0.5, 0.6) is 0 Å². The first-order valence-corrected chi connectivity index (χ1v) is 10.0. The van der Waals surface area contributed by atoms with E-state index >= 15 is 0 Å². The fourth-order valence-corrected chi connectivity index (χ4v) is 4.97. The molecule has 5 rings (SSSR count). The fourth-order valence-electron chi connectivity index (χ4n) is 4.97. The number of hydrogen-bond donors (Lipinski definition) is 2. The number of aryl methyl sites for hydroxylation is 1. The van der Waals surface area contributed by atoms with E-state index in [4.69, 9.17) is 9.68 Å².